The van der Waals surface area contributed by atoms with Crippen molar-refractivity contribution in [1.29, 1.82) is 0 Å². The molecule has 0 spiro atoms. The first kappa shape index (κ1) is 55.0. The van der Waals surface area contributed by atoms with Gasteiger partial charge in [0, 0.05) is 36.5 Å². The molecule has 3 aromatic rings. The van der Waals surface area contributed by atoms with Crippen LogP contribution in [-0.4, -0.2) is 142 Å². The Hall–Kier alpha value is -8.31. The minimum atomic E-state index is -1.58. The van der Waals surface area contributed by atoms with Crippen LogP contribution in [0.15, 0.2) is 85.6 Å². The summed E-state index contributed by atoms with van der Waals surface area (Å²) in [5.41, 5.74) is 1.90. The molecular weight excluding hydrogens is 965 g/mol. The van der Waals surface area contributed by atoms with E-state index in [0.717, 1.165) is 9.80 Å². The number of carbonyl (C=O) groups is 7. The van der Waals surface area contributed by atoms with Crippen LogP contribution in [0.3, 0.4) is 0 Å². The number of amides is 7. The van der Waals surface area contributed by atoms with Gasteiger partial charge in [0.2, 0.25) is 18.2 Å². The van der Waals surface area contributed by atoms with Crippen molar-refractivity contribution >= 4 is 59.3 Å². The molecule has 3 aromatic carbocycles. The van der Waals surface area contributed by atoms with Crippen LogP contribution in [0.5, 0.6) is 23.0 Å². The lowest BCUT2D eigenvalue weighted by Crippen LogP contribution is -2.52. The maximum absolute atomic E-state index is 14.2. The first-order valence-electron chi connectivity index (χ1n) is 23.6. The number of rotatable bonds is 19. The standard InChI is InChI=1S/C51H62N8O15/c1-9-15-73-50(67)58-36-21-41(39(69-7)19-34(36)46(63)53-23-30(5)52-24-43(58)61)71-16-10-17-72-42-22-37-35(20-40(42)70-8)48(65)57-25-29(4)18-38(57)49(66)59(37)51(68)74-26-32-11-13-33(14-12-32)56-45(62)31(6)55-47(64)44(28(2)3)54-27-60/h9,11-14,19-22,27-28,31,38,43-44,49,52,61,66H,1,4-5,10,15-18,23-26H2,2-3,6-8H3,(H,53,63)(H,54,60)(H,55,64)(H,56,62)/t31?,38?,43-,44-,49?/m0/s1. The maximum Gasteiger partial charge on any atom is 0.416 e. The van der Waals surface area contributed by atoms with Gasteiger partial charge in [-0.3, -0.25) is 24.0 Å². The van der Waals surface area contributed by atoms with E-state index in [1.807, 2.05) is 0 Å². The van der Waals surface area contributed by atoms with Gasteiger partial charge < -0.3 is 70.1 Å². The van der Waals surface area contributed by atoms with Crippen molar-refractivity contribution in [3.8, 4) is 23.0 Å². The fourth-order valence-corrected chi connectivity index (χ4v) is 8.23. The van der Waals surface area contributed by atoms with E-state index in [0.29, 0.717) is 28.9 Å². The van der Waals surface area contributed by atoms with Gasteiger partial charge in [0.1, 0.15) is 25.3 Å². The molecule has 7 N–H and O–H groups in total. The predicted octanol–water partition coefficient (Wildman–Crippen LogP) is 3.31. The van der Waals surface area contributed by atoms with E-state index in [-0.39, 0.29) is 110 Å². The molecule has 3 aliphatic rings. The van der Waals surface area contributed by atoms with Crippen molar-refractivity contribution in [3.63, 3.8) is 0 Å². The van der Waals surface area contributed by atoms with E-state index in [2.05, 4.69) is 46.3 Å². The fourth-order valence-electron chi connectivity index (χ4n) is 8.23. The van der Waals surface area contributed by atoms with Crippen molar-refractivity contribution in [2.45, 2.75) is 70.8 Å². The molecule has 5 atom stereocenters. The summed E-state index contributed by atoms with van der Waals surface area (Å²) < 4.78 is 34.5. The van der Waals surface area contributed by atoms with Crippen LogP contribution in [0, 0.1) is 5.92 Å². The average molecular weight is 1030 g/mol. The Morgan fingerprint density at radius 3 is 2.07 bits per heavy atom. The zero-order valence-electron chi connectivity index (χ0n) is 41.8. The summed E-state index contributed by atoms with van der Waals surface area (Å²) in [6, 6.07) is 9.29. The second-order valence-electron chi connectivity index (χ2n) is 17.7. The molecule has 0 bridgehead atoms. The molecule has 3 heterocycles. The first-order valence-corrected chi connectivity index (χ1v) is 23.6. The Morgan fingerprint density at radius 2 is 1.46 bits per heavy atom. The highest BCUT2D eigenvalue weighted by Crippen LogP contribution is 2.42. The van der Waals surface area contributed by atoms with E-state index in [4.69, 9.17) is 28.4 Å². The summed E-state index contributed by atoms with van der Waals surface area (Å²) in [6.07, 6.45) is -2.85. The molecule has 396 valence electrons. The van der Waals surface area contributed by atoms with Crippen molar-refractivity contribution in [2.75, 3.05) is 68.8 Å². The molecule has 0 aromatic heterocycles. The number of β-amino-alcohol motifs (C(OH)–C–C–N with tert-alkyl or cyclic N) is 1. The average Bonchev–Trinajstić information content (AvgIpc) is 3.75. The number of benzene rings is 3. The van der Waals surface area contributed by atoms with Crippen molar-refractivity contribution < 1.29 is 72.2 Å². The van der Waals surface area contributed by atoms with Crippen LogP contribution in [0.4, 0.5) is 26.7 Å². The van der Waals surface area contributed by atoms with Gasteiger partial charge in [0.05, 0.1) is 69.1 Å². The van der Waals surface area contributed by atoms with Gasteiger partial charge in [0.15, 0.2) is 35.5 Å². The number of anilines is 3. The third kappa shape index (κ3) is 12.8. The van der Waals surface area contributed by atoms with E-state index in [1.165, 1.54) is 56.4 Å². The van der Waals surface area contributed by atoms with Gasteiger partial charge in [0.25, 0.3) is 11.8 Å². The molecule has 3 aliphatic heterocycles. The van der Waals surface area contributed by atoms with Gasteiger partial charge in [-0.1, -0.05) is 57.4 Å². The largest absolute Gasteiger partial charge is 0.493 e. The molecule has 0 saturated carbocycles. The molecule has 23 nitrogen and oxygen atoms in total. The highest BCUT2D eigenvalue weighted by atomic mass is 16.6. The number of fused-ring (bicyclic) bond motifs is 3. The fraction of sp³-hybridized carbons (Fsp3) is 0.392. The lowest BCUT2D eigenvalue weighted by atomic mass is 10.0. The number of methoxy groups -OCH3 is 2. The molecule has 1 fully saturated rings. The SMILES string of the molecule is C=CCOC(=O)N1c2cc(OCCCOc3cc4c(cc3OC)C(=O)N3CC(=C)CC3C(O)N4C(=O)OCc3ccc(NC(=O)C(C)NC(=O)[C@@H](NC=O)C(C)C)cc3)c(OC)cc2C(=O)NCC(=C)NC[C@@H]1O. The minimum Gasteiger partial charge on any atom is -0.493 e. The second-order valence-corrected chi connectivity index (χ2v) is 17.7. The third-order valence-electron chi connectivity index (χ3n) is 12.1. The monoisotopic (exact) mass is 1030 g/mol. The second kappa shape index (κ2) is 24.9. The molecule has 7 amide bonds. The maximum atomic E-state index is 14.2. The van der Waals surface area contributed by atoms with Gasteiger partial charge in [-0.15, -0.1) is 0 Å². The Kier molecular flexibility index (Phi) is 18.5. The number of ether oxygens (including phenoxy) is 6. The first-order chi connectivity index (χ1) is 35.4. The van der Waals surface area contributed by atoms with Crippen molar-refractivity contribution in [1.82, 2.24) is 26.2 Å². The lowest BCUT2D eigenvalue weighted by molar-refractivity contribution is -0.129. The smallest absolute Gasteiger partial charge is 0.416 e. The molecule has 6 rings (SSSR count). The van der Waals surface area contributed by atoms with E-state index in [9.17, 15) is 43.8 Å². The third-order valence-corrected chi connectivity index (χ3v) is 12.1. The number of nitrogens with one attached hydrogen (secondary N) is 5. The summed E-state index contributed by atoms with van der Waals surface area (Å²) in [7, 11) is 2.75. The molecule has 74 heavy (non-hydrogen) atoms. The van der Waals surface area contributed by atoms with Crippen molar-refractivity contribution in [2.24, 2.45) is 5.92 Å². The Bertz CT molecular complexity index is 2640. The van der Waals surface area contributed by atoms with Gasteiger partial charge in [-0.05, 0) is 49.1 Å². The summed E-state index contributed by atoms with van der Waals surface area (Å²) in [5.74, 6) is -1.85. The van der Waals surface area contributed by atoms with Crippen LogP contribution in [0.1, 0.15) is 59.9 Å². The van der Waals surface area contributed by atoms with Crippen LogP contribution in [0.2, 0.25) is 0 Å². The Morgan fingerprint density at radius 1 is 0.838 bits per heavy atom. The zero-order valence-corrected chi connectivity index (χ0v) is 41.8. The quantitative estimate of drug-likeness (QED) is 0.0515. The lowest BCUT2D eigenvalue weighted by Gasteiger charge is -2.31. The summed E-state index contributed by atoms with van der Waals surface area (Å²) >= 11 is 0. The summed E-state index contributed by atoms with van der Waals surface area (Å²) in [5, 5.41) is 36.4. The number of carbonyl (C=O) groups excluding carboxylic acids is 7. The summed E-state index contributed by atoms with van der Waals surface area (Å²) in [4.78, 5) is 94.9. The van der Waals surface area contributed by atoms with Gasteiger partial charge in [-0.25, -0.2) is 19.4 Å². The number of aliphatic hydroxyl groups excluding tert-OH is 2. The highest BCUT2D eigenvalue weighted by molar-refractivity contribution is 6.07. The van der Waals surface area contributed by atoms with Crippen LogP contribution in [0.25, 0.3) is 0 Å². The summed E-state index contributed by atoms with van der Waals surface area (Å²) in [6.45, 7) is 16.0. The van der Waals surface area contributed by atoms with Crippen LogP contribution >= 0.6 is 0 Å². The molecular formula is C51H62N8O15. The number of hydrogen-bond acceptors (Lipinski definition) is 16. The molecule has 3 unspecified atom stereocenters. The van der Waals surface area contributed by atoms with E-state index >= 15 is 0 Å². The number of aliphatic hydroxyl groups is 2. The van der Waals surface area contributed by atoms with Gasteiger partial charge in [-0.2, -0.15) is 0 Å². The van der Waals surface area contributed by atoms with E-state index in [1.54, 1.807) is 38.1 Å². The van der Waals surface area contributed by atoms with Gasteiger partial charge >= 0.3 is 12.2 Å². The number of nitrogens with zero attached hydrogens (tertiary/aromatic N) is 3. The molecule has 0 aliphatic carbocycles. The Balaban J connectivity index is 1.17. The van der Waals surface area contributed by atoms with E-state index < -0.39 is 66.4 Å². The van der Waals surface area contributed by atoms with Crippen molar-refractivity contribution in [3.05, 3.63) is 102 Å². The number of hydrogen-bond donors (Lipinski definition) is 7. The van der Waals surface area contributed by atoms with Crippen LogP contribution in [-0.2, 0) is 30.5 Å². The molecule has 0 radical (unpaired) electrons. The molecule has 23 heteroatoms. The molecule has 1 saturated heterocycles. The minimum absolute atomic E-state index is 0.0134. The Labute approximate surface area is 427 Å². The highest BCUT2D eigenvalue weighted by Gasteiger charge is 2.46. The topological polar surface area (TPSA) is 285 Å². The van der Waals surface area contributed by atoms with Crippen LogP contribution < -0.4 is 55.3 Å². The zero-order chi connectivity index (χ0) is 53.8. The predicted molar refractivity (Wildman–Crippen MR) is 269 cm³/mol. The normalized spacial score (nSPS) is 18.2.